The molecule has 2 aromatic heterocycles. The molecule has 0 aliphatic rings. The van der Waals surface area contributed by atoms with E-state index in [1.807, 2.05) is 0 Å². The molecule has 2 heterocycles. The molecule has 0 fully saturated rings. The van der Waals surface area contributed by atoms with Gasteiger partial charge in [-0.05, 0) is 11.4 Å². The van der Waals surface area contributed by atoms with E-state index >= 15 is 0 Å². The van der Waals surface area contributed by atoms with Gasteiger partial charge in [-0.3, -0.25) is 9.97 Å². The Morgan fingerprint density at radius 1 is 1.33 bits per heavy atom. The van der Waals surface area contributed by atoms with E-state index in [9.17, 15) is 0 Å². The summed E-state index contributed by atoms with van der Waals surface area (Å²) in [5.41, 5.74) is 1.03. The number of hydrogen-bond donors (Lipinski definition) is 0. The summed E-state index contributed by atoms with van der Waals surface area (Å²) in [5.74, 6) is 0. The zero-order valence-electron chi connectivity index (χ0n) is 6.47. The molecule has 12 heavy (non-hydrogen) atoms. The van der Waals surface area contributed by atoms with Crippen LogP contribution in [0.15, 0.2) is 36.1 Å². The highest BCUT2D eigenvalue weighted by Gasteiger charge is 1.96. The SMILES string of the molecule is c1csc(Cc2cnccn2)c1. The number of nitrogens with zero attached hydrogens (tertiary/aromatic N) is 2. The predicted molar refractivity (Wildman–Crippen MR) is 49.2 cm³/mol. The second kappa shape index (κ2) is 3.45. The fourth-order valence-corrected chi connectivity index (χ4v) is 1.73. The van der Waals surface area contributed by atoms with Crippen LogP contribution in [-0.4, -0.2) is 9.97 Å². The lowest BCUT2D eigenvalue weighted by molar-refractivity contribution is 1.05. The molecule has 0 aliphatic carbocycles. The Morgan fingerprint density at radius 2 is 2.33 bits per heavy atom. The Labute approximate surface area is 74.9 Å². The third-order valence-electron chi connectivity index (χ3n) is 1.55. The Kier molecular flexibility index (Phi) is 2.14. The summed E-state index contributed by atoms with van der Waals surface area (Å²) in [4.78, 5) is 9.53. The summed E-state index contributed by atoms with van der Waals surface area (Å²) in [6.07, 6.45) is 6.12. The summed E-state index contributed by atoms with van der Waals surface area (Å²) in [7, 11) is 0. The van der Waals surface area contributed by atoms with E-state index in [0.717, 1.165) is 12.1 Å². The van der Waals surface area contributed by atoms with E-state index in [0.29, 0.717) is 0 Å². The van der Waals surface area contributed by atoms with Gasteiger partial charge in [0.15, 0.2) is 0 Å². The van der Waals surface area contributed by atoms with Gasteiger partial charge in [-0.1, -0.05) is 6.07 Å². The first-order valence-electron chi connectivity index (χ1n) is 3.72. The van der Waals surface area contributed by atoms with Crippen LogP contribution in [0.3, 0.4) is 0 Å². The number of rotatable bonds is 2. The van der Waals surface area contributed by atoms with Crippen LogP contribution < -0.4 is 0 Å². The molecule has 3 heteroatoms. The minimum absolute atomic E-state index is 0.894. The molecular weight excluding hydrogens is 168 g/mol. The summed E-state index contributed by atoms with van der Waals surface area (Å²) >= 11 is 1.75. The highest BCUT2D eigenvalue weighted by atomic mass is 32.1. The molecule has 0 aliphatic heterocycles. The van der Waals surface area contributed by atoms with Crippen molar-refractivity contribution in [3.63, 3.8) is 0 Å². The van der Waals surface area contributed by atoms with Crippen LogP contribution in [0.25, 0.3) is 0 Å². The van der Waals surface area contributed by atoms with E-state index in [2.05, 4.69) is 27.5 Å². The Morgan fingerprint density at radius 3 is 3.00 bits per heavy atom. The second-order valence-corrected chi connectivity index (χ2v) is 3.49. The molecule has 60 valence electrons. The van der Waals surface area contributed by atoms with Crippen molar-refractivity contribution in [2.75, 3.05) is 0 Å². The van der Waals surface area contributed by atoms with Gasteiger partial charge in [0.05, 0.1) is 5.69 Å². The van der Waals surface area contributed by atoms with Gasteiger partial charge in [0.1, 0.15) is 0 Å². The Hall–Kier alpha value is -1.22. The smallest absolute Gasteiger partial charge is 0.0638 e. The maximum atomic E-state index is 4.20. The Balaban J connectivity index is 2.15. The third kappa shape index (κ3) is 1.68. The van der Waals surface area contributed by atoms with Crippen LogP contribution in [0.4, 0.5) is 0 Å². The van der Waals surface area contributed by atoms with E-state index in [1.54, 1.807) is 29.9 Å². The lowest BCUT2D eigenvalue weighted by Gasteiger charge is -1.94. The lowest BCUT2D eigenvalue weighted by Crippen LogP contribution is -1.89. The molecule has 0 bridgehead atoms. The fourth-order valence-electron chi connectivity index (χ4n) is 1.01. The van der Waals surface area contributed by atoms with Crippen LogP contribution in [-0.2, 0) is 6.42 Å². The molecular formula is C9H8N2S. The molecule has 0 N–H and O–H groups in total. The van der Waals surface area contributed by atoms with Crippen LogP contribution in [0.1, 0.15) is 10.6 Å². The maximum absolute atomic E-state index is 4.20. The lowest BCUT2D eigenvalue weighted by atomic mass is 10.3. The predicted octanol–water partition coefficient (Wildman–Crippen LogP) is 2.13. The highest BCUT2D eigenvalue weighted by molar-refractivity contribution is 7.09. The largest absolute Gasteiger partial charge is 0.261 e. The third-order valence-corrected chi connectivity index (χ3v) is 2.43. The molecule has 2 nitrogen and oxygen atoms in total. The zero-order valence-corrected chi connectivity index (χ0v) is 7.29. The van der Waals surface area contributed by atoms with Crippen molar-refractivity contribution in [2.45, 2.75) is 6.42 Å². The van der Waals surface area contributed by atoms with Crippen molar-refractivity contribution in [3.05, 3.63) is 46.7 Å². The van der Waals surface area contributed by atoms with Crippen LogP contribution >= 0.6 is 11.3 Å². The average Bonchev–Trinajstić information content (AvgIpc) is 2.59. The van der Waals surface area contributed by atoms with Gasteiger partial charge in [0.25, 0.3) is 0 Å². The molecule has 0 saturated carbocycles. The first kappa shape index (κ1) is 7.43. The number of thiophene rings is 1. The molecule has 0 spiro atoms. The minimum atomic E-state index is 0.894. The quantitative estimate of drug-likeness (QED) is 0.700. The van der Waals surface area contributed by atoms with E-state index in [4.69, 9.17) is 0 Å². The first-order chi connectivity index (χ1) is 5.95. The molecule has 0 aromatic carbocycles. The normalized spacial score (nSPS) is 10.0. The maximum Gasteiger partial charge on any atom is 0.0638 e. The van der Waals surface area contributed by atoms with Crippen molar-refractivity contribution in [1.29, 1.82) is 0 Å². The molecule has 0 atom stereocenters. The van der Waals surface area contributed by atoms with Crippen molar-refractivity contribution in [2.24, 2.45) is 0 Å². The molecule has 0 radical (unpaired) electrons. The highest BCUT2D eigenvalue weighted by Crippen LogP contribution is 2.11. The average molecular weight is 176 g/mol. The topological polar surface area (TPSA) is 25.8 Å². The Bertz CT molecular complexity index is 329. The summed E-state index contributed by atoms with van der Waals surface area (Å²) in [5, 5.41) is 2.08. The number of hydrogen-bond acceptors (Lipinski definition) is 3. The van der Waals surface area contributed by atoms with Crippen molar-refractivity contribution in [1.82, 2.24) is 9.97 Å². The van der Waals surface area contributed by atoms with Crippen LogP contribution in [0.5, 0.6) is 0 Å². The van der Waals surface area contributed by atoms with Crippen LogP contribution in [0, 0.1) is 0 Å². The van der Waals surface area contributed by atoms with E-state index < -0.39 is 0 Å². The van der Waals surface area contributed by atoms with E-state index in [-0.39, 0.29) is 0 Å². The van der Waals surface area contributed by atoms with Crippen molar-refractivity contribution >= 4 is 11.3 Å². The fraction of sp³-hybridized carbons (Fsp3) is 0.111. The van der Waals surface area contributed by atoms with Gasteiger partial charge < -0.3 is 0 Å². The number of aromatic nitrogens is 2. The van der Waals surface area contributed by atoms with Gasteiger partial charge in [0.2, 0.25) is 0 Å². The molecule has 2 aromatic rings. The van der Waals surface area contributed by atoms with Crippen molar-refractivity contribution in [3.8, 4) is 0 Å². The van der Waals surface area contributed by atoms with Gasteiger partial charge in [-0.2, -0.15) is 0 Å². The van der Waals surface area contributed by atoms with Crippen LogP contribution in [0.2, 0.25) is 0 Å². The van der Waals surface area contributed by atoms with E-state index in [1.165, 1.54) is 4.88 Å². The standard InChI is InChI=1S/C9H8N2S/c1-2-9(12-5-1)6-8-7-10-3-4-11-8/h1-5,7H,6H2. The summed E-state index contributed by atoms with van der Waals surface area (Å²) in [6, 6.07) is 4.16. The molecule has 0 saturated heterocycles. The van der Waals surface area contributed by atoms with Gasteiger partial charge >= 0.3 is 0 Å². The minimum Gasteiger partial charge on any atom is -0.261 e. The first-order valence-corrected chi connectivity index (χ1v) is 4.60. The van der Waals surface area contributed by atoms with Crippen molar-refractivity contribution < 1.29 is 0 Å². The zero-order chi connectivity index (χ0) is 8.23. The summed E-state index contributed by atoms with van der Waals surface area (Å²) in [6.45, 7) is 0. The van der Waals surface area contributed by atoms with Gasteiger partial charge in [-0.15, -0.1) is 11.3 Å². The monoisotopic (exact) mass is 176 g/mol. The molecule has 0 unspecified atom stereocenters. The van der Waals surface area contributed by atoms with Gasteiger partial charge in [-0.25, -0.2) is 0 Å². The second-order valence-electron chi connectivity index (χ2n) is 2.45. The molecule has 2 rings (SSSR count). The molecule has 0 amide bonds. The van der Waals surface area contributed by atoms with Gasteiger partial charge in [0, 0.05) is 29.9 Å². The summed E-state index contributed by atoms with van der Waals surface area (Å²) < 4.78 is 0.